The lowest BCUT2D eigenvalue weighted by molar-refractivity contribution is 0.566. The average Bonchev–Trinajstić information content (AvgIpc) is 2.36. The van der Waals surface area contributed by atoms with Crippen molar-refractivity contribution in [3.63, 3.8) is 0 Å². The summed E-state index contributed by atoms with van der Waals surface area (Å²) in [5.41, 5.74) is 5.66. The molecule has 0 radical (unpaired) electrons. The summed E-state index contributed by atoms with van der Waals surface area (Å²) < 4.78 is 40.9. The molecule has 20 heavy (non-hydrogen) atoms. The number of nitrogens with two attached hydrogens (primary N) is 1. The summed E-state index contributed by atoms with van der Waals surface area (Å²) in [5.74, 6) is -0.857. The molecule has 5 nitrogen and oxygen atoms in total. The van der Waals surface area contributed by atoms with Crippen LogP contribution < -0.4 is 10.5 Å². The molecule has 0 unspecified atom stereocenters. The maximum Gasteiger partial charge on any atom is 0.266 e. The van der Waals surface area contributed by atoms with Crippen LogP contribution in [0.15, 0.2) is 44.3 Å². The summed E-state index contributed by atoms with van der Waals surface area (Å²) in [6, 6.07) is 5.56. The number of halogens is 3. The summed E-state index contributed by atoms with van der Waals surface area (Å²) >= 11 is 6.07. The van der Waals surface area contributed by atoms with E-state index in [1.165, 1.54) is 12.3 Å². The minimum Gasteiger partial charge on any atom is -0.399 e. The van der Waals surface area contributed by atoms with Gasteiger partial charge in [-0.3, -0.25) is 4.72 Å². The number of nitrogen functional groups attached to an aromatic ring is 1. The van der Waals surface area contributed by atoms with Gasteiger partial charge in [-0.05, 0) is 56.1 Å². The number of rotatable bonds is 3. The number of hydrogen-bond donors (Lipinski definition) is 2. The smallest absolute Gasteiger partial charge is 0.266 e. The van der Waals surface area contributed by atoms with Crippen molar-refractivity contribution in [3.05, 3.63) is 45.2 Å². The second-order valence-electron chi connectivity index (χ2n) is 3.75. The molecule has 3 N–H and O–H groups in total. The third-order valence-electron chi connectivity index (χ3n) is 2.30. The number of benzene rings is 1. The van der Waals surface area contributed by atoms with E-state index >= 15 is 0 Å². The molecule has 106 valence electrons. The largest absolute Gasteiger partial charge is 0.399 e. The number of nitrogens with zero attached hydrogens (tertiary/aromatic N) is 1. The van der Waals surface area contributed by atoms with Crippen molar-refractivity contribution in [2.75, 3.05) is 10.5 Å². The van der Waals surface area contributed by atoms with Crippen molar-refractivity contribution in [2.24, 2.45) is 0 Å². The topological polar surface area (TPSA) is 85.1 Å². The Kier molecular flexibility index (Phi) is 4.31. The predicted molar refractivity (Wildman–Crippen MR) is 81.3 cm³/mol. The van der Waals surface area contributed by atoms with Gasteiger partial charge in [-0.1, -0.05) is 0 Å². The zero-order valence-corrected chi connectivity index (χ0v) is 13.8. The first kappa shape index (κ1) is 15.2. The highest BCUT2D eigenvalue weighted by molar-refractivity contribution is 9.10. The number of anilines is 2. The molecule has 1 heterocycles. The first-order valence-electron chi connectivity index (χ1n) is 5.19. The first-order valence-corrected chi connectivity index (χ1v) is 8.26. The van der Waals surface area contributed by atoms with Gasteiger partial charge in [0.15, 0.2) is 11.6 Å². The molecule has 0 aliphatic heterocycles. The van der Waals surface area contributed by atoms with E-state index in [1.807, 2.05) is 0 Å². The highest BCUT2D eigenvalue weighted by Gasteiger charge is 2.23. The lowest BCUT2D eigenvalue weighted by Crippen LogP contribution is -2.16. The summed E-state index contributed by atoms with van der Waals surface area (Å²) in [6.45, 7) is 0. The fourth-order valence-electron chi connectivity index (χ4n) is 1.42. The lowest BCUT2D eigenvalue weighted by Gasteiger charge is -2.10. The van der Waals surface area contributed by atoms with E-state index in [4.69, 9.17) is 5.73 Å². The van der Waals surface area contributed by atoms with Crippen LogP contribution in [0, 0.1) is 5.82 Å². The molecular formula is C11H8Br2FN3O2S. The number of sulfonamides is 1. The van der Waals surface area contributed by atoms with Crippen LogP contribution in [0.4, 0.5) is 15.9 Å². The Hall–Kier alpha value is -1.19. The van der Waals surface area contributed by atoms with Crippen LogP contribution in [0.5, 0.6) is 0 Å². The highest BCUT2D eigenvalue weighted by atomic mass is 79.9. The van der Waals surface area contributed by atoms with E-state index in [9.17, 15) is 12.8 Å². The minimum atomic E-state index is -4.14. The Morgan fingerprint density at radius 3 is 2.60 bits per heavy atom. The fraction of sp³-hybridized carbons (Fsp3) is 0. The zero-order valence-electron chi connectivity index (χ0n) is 9.77. The summed E-state index contributed by atoms with van der Waals surface area (Å²) in [4.78, 5) is 3.31. The molecule has 0 spiro atoms. The van der Waals surface area contributed by atoms with Gasteiger partial charge in [0.1, 0.15) is 4.90 Å². The van der Waals surface area contributed by atoms with Crippen molar-refractivity contribution in [3.8, 4) is 0 Å². The Bertz CT molecular complexity index is 768. The summed E-state index contributed by atoms with van der Waals surface area (Å²) in [5, 5.41) is 0. The predicted octanol–water partition coefficient (Wildman–Crippen LogP) is 3.13. The average molecular weight is 425 g/mol. The van der Waals surface area contributed by atoms with E-state index in [1.54, 1.807) is 12.1 Å². The maximum absolute atomic E-state index is 13.9. The van der Waals surface area contributed by atoms with Gasteiger partial charge in [0.25, 0.3) is 10.0 Å². The van der Waals surface area contributed by atoms with Gasteiger partial charge in [0, 0.05) is 11.9 Å². The molecule has 0 atom stereocenters. The van der Waals surface area contributed by atoms with E-state index in [2.05, 4.69) is 41.6 Å². The van der Waals surface area contributed by atoms with E-state index < -0.39 is 20.7 Å². The van der Waals surface area contributed by atoms with Crippen LogP contribution in [0.25, 0.3) is 0 Å². The van der Waals surface area contributed by atoms with E-state index in [0.717, 1.165) is 6.07 Å². The third-order valence-corrected chi connectivity index (χ3v) is 4.85. The Morgan fingerprint density at radius 2 is 1.95 bits per heavy atom. The molecule has 2 aromatic rings. The highest BCUT2D eigenvalue weighted by Crippen LogP contribution is 2.28. The zero-order chi connectivity index (χ0) is 14.9. The fourth-order valence-corrected chi connectivity index (χ4v) is 3.68. The number of nitrogens with one attached hydrogen (secondary N) is 1. The molecule has 0 aliphatic rings. The molecule has 2 rings (SSSR count). The van der Waals surface area contributed by atoms with Crippen LogP contribution in [-0.4, -0.2) is 13.4 Å². The van der Waals surface area contributed by atoms with Crippen molar-refractivity contribution >= 4 is 53.4 Å². The standard InChI is InChI=1S/C11H8Br2FN3O2S/c12-7-2-1-3-16-11(7)17-20(18,19)9-5-6(15)4-8(13)10(9)14/h1-5H,15H2,(H,16,17). The molecular weight excluding hydrogens is 417 g/mol. The van der Waals surface area contributed by atoms with Gasteiger partial charge >= 0.3 is 0 Å². The van der Waals surface area contributed by atoms with Gasteiger partial charge in [-0.2, -0.15) is 0 Å². The van der Waals surface area contributed by atoms with Crippen LogP contribution >= 0.6 is 31.9 Å². The summed E-state index contributed by atoms with van der Waals surface area (Å²) in [7, 11) is -4.14. The van der Waals surface area contributed by atoms with Crippen LogP contribution in [0.3, 0.4) is 0 Å². The second-order valence-corrected chi connectivity index (χ2v) is 7.11. The molecule has 9 heteroatoms. The molecule has 0 bridgehead atoms. The number of hydrogen-bond acceptors (Lipinski definition) is 4. The van der Waals surface area contributed by atoms with Crippen molar-refractivity contribution < 1.29 is 12.8 Å². The Labute approximate surface area is 131 Å². The van der Waals surface area contributed by atoms with Gasteiger partial charge in [0.05, 0.1) is 8.95 Å². The van der Waals surface area contributed by atoms with Gasteiger partial charge in [-0.25, -0.2) is 17.8 Å². The lowest BCUT2D eigenvalue weighted by atomic mass is 10.3. The number of pyridine rings is 1. The normalized spacial score (nSPS) is 11.3. The summed E-state index contributed by atoms with van der Waals surface area (Å²) in [6.07, 6.45) is 1.41. The Balaban J connectivity index is 2.49. The molecule has 1 aromatic carbocycles. The Morgan fingerprint density at radius 1 is 1.25 bits per heavy atom. The van der Waals surface area contributed by atoms with Crippen molar-refractivity contribution in [1.82, 2.24) is 4.98 Å². The molecule has 0 amide bonds. The van der Waals surface area contributed by atoms with E-state index in [-0.39, 0.29) is 16.0 Å². The second kappa shape index (κ2) is 5.66. The molecule has 0 saturated carbocycles. The molecule has 0 aliphatic carbocycles. The van der Waals surface area contributed by atoms with Gasteiger partial charge < -0.3 is 5.73 Å². The van der Waals surface area contributed by atoms with Crippen LogP contribution in [0.2, 0.25) is 0 Å². The van der Waals surface area contributed by atoms with Gasteiger partial charge in [-0.15, -0.1) is 0 Å². The molecule has 0 saturated heterocycles. The van der Waals surface area contributed by atoms with E-state index in [0.29, 0.717) is 4.47 Å². The van der Waals surface area contributed by atoms with Crippen LogP contribution in [0.1, 0.15) is 0 Å². The van der Waals surface area contributed by atoms with Crippen LogP contribution in [-0.2, 0) is 10.0 Å². The van der Waals surface area contributed by atoms with Crippen molar-refractivity contribution in [2.45, 2.75) is 4.90 Å². The quantitative estimate of drug-likeness (QED) is 0.741. The monoisotopic (exact) mass is 423 g/mol. The molecule has 0 fully saturated rings. The van der Waals surface area contributed by atoms with Gasteiger partial charge in [0.2, 0.25) is 0 Å². The first-order chi connectivity index (χ1) is 9.31. The SMILES string of the molecule is Nc1cc(Br)c(F)c(S(=O)(=O)Nc2ncccc2Br)c1. The third kappa shape index (κ3) is 3.10. The maximum atomic E-state index is 13.9. The van der Waals surface area contributed by atoms with Crippen molar-refractivity contribution in [1.29, 1.82) is 0 Å². The minimum absolute atomic E-state index is 0.0297. The number of aromatic nitrogens is 1. The molecule has 1 aromatic heterocycles.